The van der Waals surface area contributed by atoms with Crippen molar-refractivity contribution in [3.05, 3.63) is 47.4 Å². The van der Waals surface area contributed by atoms with E-state index < -0.39 is 5.41 Å². The lowest BCUT2D eigenvalue weighted by Crippen LogP contribution is -2.51. The largest absolute Gasteiger partial charge is 0.371 e. The predicted molar refractivity (Wildman–Crippen MR) is 102 cm³/mol. The van der Waals surface area contributed by atoms with Gasteiger partial charge in [-0.25, -0.2) is 4.39 Å². The van der Waals surface area contributed by atoms with Gasteiger partial charge in [-0.2, -0.15) is 0 Å². The highest BCUT2D eigenvalue weighted by Gasteiger charge is 2.54. The van der Waals surface area contributed by atoms with Crippen LogP contribution in [0.4, 0.5) is 4.39 Å². The van der Waals surface area contributed by atoms with Gasteiger partial charge >= 0.3 is 0 Å². The van der Waals surface area contributed by atoms with Crippen molar-refractivity contribution in [2.75, 3.05) is 26.2 Å². The van der Waals surface area contributed by atoms with Crippen molar-refractivity contribution in [1.29, 1.82) is 0 Å². The van der Waals surface area contributed by atoms with Crippen LogP contribution in [0.1, 0.15) is 45.1 Å². The van der Waals surface area contributed by atoms with Crippen LogP contribution in [0, 0.1) is 11.2 Å². The maximum Gasteiger partial charge on any atom is 0.233 e. The second-order valence-electron chi connectivity index (χ2n) is 8.96. The van der Waals surface area contributed by atoms with Crippen molar-refractivity contribution in [2.24, 2.45) is 5.41 Å². The van der Waals surface area contributed by atoms with E-state index in [9.17, 15) is 14.0 Å². The van der Waals surface area contributed by atoms with E-state index in [1.54, 1.807) is 24.3 Å². The summed E-state index contributed by atoms with van der Waals surface area (Å²) in [5.41, 5.74) is 0.977. The van der Waals surface area contributed by atoms with Gasteiger partial charge in [0.05, 0.1) is 5.41 Å². The molecule has 1 saturated carbocycles. The normalized spacial score (nSPS) is 23.8. The molecule has 0 bridgehead atoms. The number of halogens is 1. The fraction of sp³-hybridized carbons (Fsp3) is 0.545. The quantitative estimate of drug-likeness (QED) is 0.820. The molecule has 2 fully saturated rings. The summed E-state index contributed by atoms with van der Waals surface area (Å²) in [6, 6.07) is 6.66. The highest BCUT2D eigenvalue weighted by atomic mass is 19.1. The number of amides is 1. The van der Waals surface area contributed by atoms with E-state index in [4.69, 9.17) is 0 Å². The Morgan fingerprint density at radius 3 is 2.30 bits per heavy atom. The fourth-order valence-corrected chi connectivity index (χ4v) is 4.59. The first-order valence-electron chi connectivity index (χ1n) is 9.84. The Balaban J connectivity index is 1.43. The van der Waals surface area contributed by atoms with Gasteiger partial charge in [-0.15, -0.1) is 0 Å². The van der Waals surface area contributed by atoms with Crippen molar-refractivity contribution in [3.63, 3.8) is 0 Å². The molecule has 1 saturated heterocycles. The van der Waals surface area contributed by atoms with Crippen molar-refractivity contribution in [1.82, 2.24) is 9.80 Å². The van der Waals surface area contributed by atoms with Gasteiger partial charge in [0.25, 0.3) is 0 Å². The Bertz CT molecular complexity index is 802. The summed E-state index contributed by atoms with van der Waals surface area (Å²) in [7, 11) is 0. The zero-order chi connectivity index (χ0) is 19.2. The number of benzene rings is 1. The van der Waals surface area contributed by atoms with Crippen molar-refractivity contribution in [2.45, 2.75) is 44.9 Å². The number of carbonyl (C=O) groups excluding carboxylic acids is 2. The molecule has 0 aromatic heterocycles. The van der Waals surface area contributed by atoms with Crippen LogP contribution in [0.25, 0.3) is 0 Å². The van der Waals surface area contributed by atoms with E-state index in [2.05, 4.69) is 18.7 Å². The first-order chi connectivity index (χ1) is 12.8. The Hall–Kier alpha value is -2.17. The molecule has 1 amide bonds. The first-order valence-corrected chi connectivity index (χ1v) is 9.84. The van der Waals surface area contributed by atoms with Crippen LogP contribution in [0.15, 0.2) is 36.0 Å². The Morgan fingerprint density at radius 2 is 1.70 bits per heavy atom. The Labute approximate surface area is 160 Å². The SMILES string of the molecule is CC1(C)CC(=O)C=C(N2CCN(C(=O)C3(c4ccccc4F)CC3)CC2)C1. The molecule has 1 aromatic carbocycles. The monoisotopic (exact) mass is 370 g/mol. The number of hydrogen-bond acceptors (Lipinski definition) is 3. The molecule has 4 nitrogen and oxygen atoms in total. The molecular weight excluding hydrogens is 343 g/mol. The molecule has 0 spiro atoms. The summed E-state index contributed by atoms with van der Waals surface area (Å²) in [4.78, 5) is 29.3. The first kappa shape index (κ1) is 18.2. The maximum absolute atomic E-state index is 14.2. The minimum absolute atomic E-state index is 0.00295. The van der Waals surface area contributed by atoms with Gasteiger partial charge < -0.3 is 9.80 Å². The lowest BCUT2D eigenvalue weighted by Gasteiger charge is -2.41. The van der Waals surface area contributed by atoms with Crippen LogP contribution in [-0.4, -0.2) is 47.7 Å². The van der Waals surface area contributed by atoms with E-state index in [0.29, 0.717) is 25.1 Å². The van der Waals surface area contributed by atoms with E-state index in [0.717, 1.165) is 38.0 Å². The molecule has 144 valence electrons. The Kier molecular flexibility index (Phi) is 4.36. The van der Waals surface area contributed by atoms with Gasteiger partial charge in [-0.3, -0.25) is 9.59 Å². The van der Waals surface area contributed by atoms with Crippen molar-refractivity contribution < 1.29 is 14.0 Å². The minimum atomic E-state index is -0.657. The summed E-state index contributed by atoms with van der Waals surface area (Å²) in [5, 5.41) is 0. The van der Waals surface area contributed by atoms with Crippen LogP contribution < -0.4 is 0 Å². The molecule has 0 N–H and O–H groups in total. The predicted octanol–water partition coefficient (Wildman–Crippen LogP) is 3.27. The van der Waals surface area contributed by atoms with Gasteiger partial charge in [-0.1, -0.05) is 32.0 Å². The molecule has 5 heteroatoms. The highest BCUT2D eigenvalue weighted by Crippen LogP contribution is 2.50. The molecule has 4 rings (SSSR count). The second-order valence-corrected chi connectivity index (χ2v) is 8.96. The molecule has 3 aliphatic rings. The number of piperazine rings is 1. The van der Waals surface area contributed by atoms with Crippen molar-refractivity contribution in [3.8, 4) is 0 Å². The van der Waals surface area contributed by atoms with E-state index in [-0.39, 0.29) is 22.9 Å². The molecule has 0 unspecified atom stereocenters. The second kappa shape index (κ2) is 6.47. The van der Waals surface area contributed by atoms with Crippen LogP contribution in [-0.2, 0) is 15.0 Å². The molecule has 0 radical (unpaired) electrons. The standard InChI is InChI=1S/C22H27FN2O2/c1-21(2)14-16(13-17(26)15-21)24-9-11-25(12-10-24)20(27)22(7-8-22)18-5-3-4-6-19(18)23/h3-6,13H,7-12,14-15H2,1-2H3. The average molecular weight is 370 g/mol. The summed E-state index contributed by atoms with van der Waals surface area (Å²) < 4.78 is 14.2. The van der Waals surface area contributed by atoms with Gasteiger partial charge in [0.2, 0.25) is 5.91 Å². The molecule has 27 heavy (non-hydrogen) atoms. The zero-order valence-corrected chi connectivity index (χ0v) is 16.1. The lowest BCUT2D eigenvalue weighted by atomic mass is 9.78. The third kappa shape index (κ3) is 3.40. The number of allylic oxidation sites excluding steroid dienone is 2. The average Bonchev–Trinajstić information content (AvgIpc) is 3.42. The summed E-state index contributed by atoms with van der Waals surface area (Å²) in [6.07, 6.45) is 4.72. The highest BCUT2D eigenvalue weighted by molar-refractivity contribution is 5.92. The van der Waals surface area contributed by atoms with Crippen LogP contribution >= 0.6 is 0 Å². The Morgan fingerprint density at radius 1 is 1.04 bits per heavy atom. The van der Waals surface area contributed by atoms with Gasteiger partial charge in [0, 0.05) is 49.9 Å². The number of nitrogens with zero attached hydrogens (tertiary/aromatic N) is 2. The zero-order valence-electron chi connectivity index (χ0n) is 16.1. The van der Waals surface area contributed by atoms with E-state index >= 15 is 0 Å². The van der Waals surface area contributed by atoms with Crippen molar-refractivity contribution >= 4 is 11.7 Å². The molecule has 0 atom stereocenters. The number of ketones is 1. The molecule has 1 heterocycles. The minimum Gasteiger partial charge on any atom is -0.371 e. The number of hydrogen-bond donors (Lipinski definition) is 0. The lowest BCUT2D eigenvalue weighted by molar-refractivity contribution is -0.135. The molecule has 1 aromatic rings. The fourth-order valence-electron chi connectivity index (χ4n) is 4.59. The maximum atomic E-state index is 14.2. The van der Waals surface area contributed by atoms with Crippen LogP contribution in [0.5, 0.6) is 0 Å². The topological polar surface area (TPSA) is 40.6 Å². The van der Waals surface area contributed by atoms with Gasteiger partial charge in [0.1, 0.15) is 5.82 Å². The molecular formula is C22H27FN2O2. The summed E-state index contributed by atoms with van der Waals surface area (Å²) in [5.74, 6) is -0.0346. The molecule has 2 aliphatic carbocycles. The third-order valence-corrected chi connectivity index (χ3v) is 6.16. The number of carbonyl (C=O) groups is 2. The van der Waals surface area contributed by atoms with Gasteiger partial charge in [0.15, 0.2) is 5.78 Å². The summed E-state index contributed by atoms with van der Waals surface area (Å²) >= 11 is 0. The van der Waals surface area contributed by atoms with E-state index in [1.165, 1.54) is 6.07 Å². The van der Waals surface area contributed by atoms with Crippen LogP contribution in [0.3, 0.4) is 0 Å². The van der Waals surface area contributed by atoms with Gasteiger partial charge in [-0.05, 0) is 30.7 Å². The number of rotatable bonds is 3. The molecule has 1 aliphatic heterocycles. The summed E-state index contributed by atoms with van der Waals surface area (Å²) in [6.45, 7) is 6.97. The smallest absolute Gasteiger partial charge is 0.233 e. The van der Waals surface area contributed by atoms with E-state index in [1.807, 2.05) is 4.90 Å². The third-order valence-electron chi connectivity index (χ3n) is 6.16. The van der Waals surface area contributed by atoms with Crippen LogP contribution in [0.2, 0.25) is 0 Å².